The van der Waals surface area contributed by atoms with Crippen LogP contribution in [0.4, 0.5) is 0 Å². The maximum atomic E-state index is 7.96. The topological polar surface area (TPSA) is 52.5 Å². The first-order valence-corrected chi connectivity index (χ1v) is 3.74. The minimum Gasteiger partial charge on any atom is -0.400 e. The summed E-state index contributed by atoms with van der Waals surface area (Å²) in [4.78, 5) is 0. The molecule has 0 radical (unpaired) electrons. The fourth-order valence-corrected chi connectivity index (χ4v) is 0.112. The maximum Gasteiger partial charge on any atom is 2.00 e. The van der Waals surface area contributed by atoms with Crippen molar-refractivity contribution < 1.29 is 31.9 Å². The molecule has 0 bridgehead atoms. The van der Waals surface area contributed by atoms with Gasteiger partial charge in [-0.3, -0.25) is 5.32 Å². The molecule has 0 spiro atoms. The predicted molar refractivity (Wildman–Crippen MR) is 55.5 cm³/mol. The molecule has 4 heteroatoms. The van der Waals surface area contributed by atoms with E-state index in [1.165, 1.54) is 0 Å². The van der Waals surface area contributed by atoms with Crippen molar-refractivity contribution in [2.75, 3.05) is 20.4 Å². The van der Waals surface area contributed by atoms with E-state index < -0.39 is 0 Å². The molecule has 0 unspecified atom stereocenters. The molecule has 3 nitrogen and oxygen atoms in total. The molecule has 13 heavy (non-hydrogen) atoms. The van der Waals surface area contributed by atoms with Crippen LogP contribution in [0.3, 0.4) is 0 Å². The minimum absolute atomic E-state index is 0. The van der Waals surface area contributed by atoms with Crippen LogP contribution in [0.1, 0.15) is 20.8 Å². The molecule has 0 fully saturated rings. The molecule has 0 aliphatic rings. The van der Waals surface area contributed by atoms with E-state index in [4.69, 9.17) is 10.2 Å². The number of nitrogens with one attached hydrogen (secondary N) is 1. The van der Waals surface area contributed by atoms with Gasteiger partial charge in [0.2, 0.25) is 0 Å². The first-order chi connectivity index (χ1) is 5.15. The molecule has 0 aliphatic carbocycles. The van der Waals surface area contributed by atoms with Gasteiger partial charge in [0.15, 0.2) is 0 Å². The van der Waals surface area contributed by atoms with Crippen LogP contribution in [0.5, 0.6) is 0 Å². The Balaban J connectivity index is -0.0000000246. The number of rotatable bonds is 2. The Morgan fingerprint density at radius 2 is 1.54 bits per heavy atom. The summed E-state index contributed by atoms with van der Waals surface area (Å²) in [5.41, 5.74) is 0. The SMILES string of the molecule is CCNCO.CO.[CH2-]C(C)C.[CH3-].[Ti+2]. The summed E-state index contributed by atoms with van der Waals surface area (Å²) in [5.74, 6) is 0.583. The predicted octanol–water partition coefficient (Wildman–Crippen LogP) is 1.08. The van der Waals surface area contributed by atoms with Crippen LogP contribution >= 0.6 is 0 Å². The maximum absolute atomic E-state index is 7.96. The summed E-state index contributed by atoms with van der Waals surface area (Å²) in [6.45, 7) is 10.6. The van der Waals surface area contributed by atoms with Crippen molar-refractivity contribution in [2.24, 2.45) is 5.92 Å². The molecule has 0 aliphatic heterocycles. The summed E-state index contributed by atoms with van der Waals surface area (Å²) in [5, 5.41) is 17.6. The number of aliphatic hydroxyl groups excluding tert-OH is 2. The summed E-state index contributed by atoms with van der Waals surface area (Å²) in [6.07, 6.45) is 0. The van der Waals surface area contributed by atoms with Crippen LogP contribution in [-0.4, -0.2) is 30.6 Å². The van der Waals surface area contributed by atoms with Crippen LogP contribution in [-0.2, 0) is 21.7 Å². The van der Waals surface area contributed by atoms with E-state index in [0.29, 0.717) is 5.92 Å². The molecule has 0 saturated heterocycles. The summed E-state index contributed by atoms with van der Waals surface area (Å²) in [7, 11) is 1.00. The Morgan fingerprint density at radius 3 is 1.54 bits per heavy atom. The second-order valence-electron chi connectivity index (χ2n) is 2.16. The Kier molecular flexibility index (Phi) is 87.4. The van der Waals surface area contributed by atoms with Crippen molar-refractivity contribution in [1.29, 1.82) is 0 Å². The largest absolute Gasteiger partial charge is 2.00 e. The van der Waals surface area contributed by atoms with E-state index in [1.54, 1.807) is 0 Å². The summed E-state index contributed by atoms with van der Waals surface area (Å²) < 4.78 is 0. The Morgan fingerprint density at radius 1 is 1.31 bits per heavy atom. The van der Waals surface area contributed by atoms with Gasteiger partial charge in [-0.25, -0.2) is 0 Å². The van der Waals surface area contributed by atoms with E-state index in [2.05, 4.69) is 26.1 Å². The van der Waals surface area contributed by atoms with Gasteiger partial charge in [-0.1, -0.05) is 20.8 Å². The molecule has 0 atom stereocenters. The van der Waals surface area contributed by atoms with Crippen LogP contribution in [0.25, 0.3) is 0 Å². The van der Waals surface area contributed by atoms with Gasteiger partial charge in [-0.05, 0) is 6.54 Å². The van der Waals surface area contributed by atoms with Gasteiger partial charge in [-0.15, -0.1) is 0 Å². The van der Waals surface area contributed by atoms with Crippen molar-refractivity contribution in [3.8, 4) is 0 Å². The van der Waals surface area contributed by atoms with Gasteiger partial charge in [0.25, 0.3) is 0 Å². The first-order valence-electron chi connectivity index (χ1n) is 3.74. The van der Waals surface area contributed by atoms with Crippen molar-refractivity contribution in [3.63, 3.8) is 0 Å². The summed E-state index contributed by atoms with van der Waals surface area (Å²) >= 11 is 0. The van der Waals surface area contributed by atoms with Crippen LogP contribution in [0, 0.1) is 20.3 Å². The first kappa shape index (κ1) is 29.2. The number of hydrogen-bond acceptors (Lipinski definition) is 3. The average Bonchev–Trinajstić information content (AvgIpc) is 1.93. The third kappa shape index (κ3) is 210. The molecular weight excluding hydrogens is 202 g/mol. The van der Waals surface area contributed by atoms with Crippen LogP contribution < -0.4 is 5.32 Å². The normalized spacial score (nSPS) is 6.46. The zero-order chi connectivity index (χ0) is 9.70. The zero-order valence-corrected chi connectivity index (χ0v) is 11.2. The van der Waals surface area contributed by atoms with Crippen molar-refractivity contribution in [3.05, 3.63) is 14.4 Å². The molecular formula is C9H25NO2Ti. The van der Waals surface area contributed by atoms with Crippen LogP contribution in [0.15, 0.2) is 0 Å². The quantitative estimate of drug-likeness (QED) is 0.376. The Labute approximate surface area is 98.8 Å². The third-order valence-corrected chi connectivity index (χ3v) is 0.362. The zero-order valence-electron chi connectivity index (χ0n) is 9.59. The van der Waals surface area contributed by atoms with Gasteiger partial charge in [0.1, 0.15) is 0 Å². The molecule has 0 saturated carbocycles. The van der Waals surface area contributed by atoms with Crippen LogP contribution in [0.2, 0.25) is 0 Å². The third-order valence-electron chi connectivity index (χ3n) is 0.362. The average molecular weight is 227 g/mol. The van der Waals surface area contributed by atoms with E-state index in [9.17, 15) is 0 Å². The van der Waals surface area contributed by atoms with Crippen molar-refractivity contribution >= 4 is 0 Å². The van der Waals surface area contributed by atoms with E-state index in [0.717, 1.165) is 13.7 Å². The fraction of sp³-hybridized carbons (Fsp3) is 0.778. The molecule has 0 aromatic heterocycles. The summed E-state index contributed by atoms with van der Waals surface area (Å²) in [6, 6.07) is 0. The smallest absolute Gasteiger partial charge is 0.400 e. The second-order valence-corrected chi connectivity index (χ2v) is 2.16. The molecule has 0 aromatic rings. The van der Waals surface area contributed by atoms with Gasteiger partial charge >= 0.3 is 21.7 Å². The van der Waals surface area contributed by atoms with Gasteiger partial charge in [0.05, 0.1) is 6.73 Å². The monoisotopic (exact) mass is 227 g/mol. The number of aliphatic hydroxyl groups is 2. The second kappa shape index (κ2) is 38.9. The van der Waals surface area contributed by atoms with E-state index >= 15 is 0 Å². The minimum atomic E-state index is 0. The molecule has 3 N–H and O–H groups in total. The molecule has 82 valence electrons. The van der Waals surface area contributed by atoms with Gasteiger partial charge < -0.3 is 24.6 Å². The molecule has 0 aromatic carbocycles. The molecule has 0 rings (SSSR count). The van der Waals surface area contributed by atoms with E-state index in [-0.39, 0.29) is 35.9 Å². The molecule has 0 heterocycles. The fourth-order valence-electron chi connectivity index (χ4n) is 0.112. The van der Waals surface area contributed by atoms with E-state index in [1.807, 2.05) is 6.92 Å². The molecule has 0 amide bonds. The van der Waals surface area contributed by atoms with Gasteiger partial charge in [0, 0.05) is 7.11 Å². The van der Waals surface area contributed by atoms with Gasteiger partial charge in [-0.2, -0.15) is 5.92 Å². The Bertz CT molecular complexity index is 41.8. The standard InChI is InChI=1S/C4H9.C3H9NO.CH4O.CH3.Ti/c1-4(2)3;1-2-4-3-5;1-2;;/h4H,1H2,2-3H3;4-5H,2-3H2,1H3;2H,1H3;1H3;/q-1;;;-1;+2. The van der Waals surface area contributed by atoms with Crippen molar-refractivity contribution in [1.82, 2.24) is 5.32 Å². The number of hydrogen-bond donors (Lipinski definition) is 3. The van der Waals surface area contributed by atoms with Crippen molar-refractivity contribution in [2.45, 2.75) is 20.8 Å². The Hall–Kier alpha value is 0.594.